The van der Waals surface area contributed by atoms with Gasteiger partial charge in [0.1, 0.15) is 0 Å². The van der Waals surface area contributed by atoms with Crippen LogP contribution in [0.25, 0.3) is 0 Å². The van der Waals surface area contributed by atoms with Crippen molar-refractivity contribution in [1.29, 1.82) is 0 Å². The fourth-order valence-corrected chi connectivity index (χ4v) is 1.97. The van der Waals surface area contributed by atoms with Crippen molar-refractivity contribution in [1.82, 2.24) is 10.2 Å². The summed E-state index contributed by atoms with van der Waals surface area (Å²) in [5.74, 6) is 1.93. The van der Waals surface area contributed by atoms with E-state index in [1.54, 1.807) is 0 Å². The predicted molar refractivity (Wildman–Crippen MR) is 63.0 cm³/mol. The van der Waals surface area contributed by atoms with Gasteiger partial charge in [0.25, 0.3) is 0 Å². The first-order valence-electron chi connectivity index (χ1n) is 5.67. The number of esters is 1. The van der Waals surface area contributed by atoms with Crippen LogP contribution in [-0.2, 0) is 14.3 Å². The van der Waals surface area contributed by atoms with Gasteiger partial charge in [-0.2, -0.15) is 0 Å². The average molecular weight is 238 g/mol. The van der Waals surface area contributed by atoms with Gasteiger partial charge >= 0.3 is 5.97 Å². The van der Waals surface area contributed by atoms with E-state index in [2.05, 4.69) is 11.2 Å². The fourth-order valence-electron chi connectivity index (χ4n) is 1.97. The molecule has 17 heavy (non-hydrogen) atoms. The fraction of sp³-hybridized carbons (Fsp3) is 0.667. The highest BCUT2D eigenvalue weighted by molar-refractivity contribution is 5.78. The molecule has 0 aromatic heterocycles. The zero-order chi connectivity index (χ0) is 12.7. The van der Waals surface area contributed by atoms with Crippen molar-refractivity contribution in [3.05, 3.63) is 0 Å². The molecule has 0 bridgehead atoms. The quantitative estimate of drug-likeness (QED) is 0.536. The number of nitrogens with one attached hydrogen (secondary N) is 1. The minimum atomic E-state index is -0.196. The Bertz CT molecular complexity index is 322. The van der Waals surface area contributed by atoms with Crippen molar-refractivity contribution in [2.45, 2.75) is 12.8 Å². The number of hydrogen-bond donors (Lipinski definition) is 1. The number of rotatable bonds is 4. The molecule has 1 fully saturated rings. The SMILES string of the molecule is C#CCNC(=O)CN1CCCC(C(=O)OC)C1. The highest BCUT2D eigenvalue weighted by atomic mass is 16.5. The summed E-state index contributed by atoms with van der Waals surface area (Å²) in [5.41, 5.74) is 0. The first-order valence-corrected chi connectivity index (χ1v) is 5.67. The van der Waals surface area contributed by atoms with Crippen molar-refractivity contribution in [3.63, 3.8) is 0 Å². The molecule has 0 spiro atoms. The normalized spacial score (nSPS) is 20.4. The summed E-state index contributed by atoms with van der Waals surface area (Å²) in [5, 5.41) is 2.60. The Hall–Kier alpha value is -1.54. The van der Waals surface area contributed by atoms with E-state index in [4.69, 9.17) is 11.2 Å². The molecule has 1 saturated heterocycles. The number of ether oxygens (including phenoxy) is 1. The molecular weight excluding hydrogens is 220 g/mol. The van der Waals surface area contributed by atoms with Gasteiger partial charge in [0.05, 0.1) is 26.1 Å². The summed E-state index contributed by atoms with van der Waals surface area (Å²) in [6, 6.07) is 0. The zero-order valence-electron chi connectivity index (χ0n) is 10.1. The molecule has 0 radical (unpaired) electrons. The van der Waals surface area contributed by atoms with Gasteiger partial charge in [0, 0.05) is 6.54 Å². The lowest BCUT2D eigenvalue weighted by Gasteiger charge is -2.30. The van der Waals surface area contributed by atoms with Crippen LogP contribution in [0.3, 0.4) is 0 Å². The molecule has 1 atom stereocenters. The van der Waals surface area contributed by atoms with E-state index in [0.717, 1.165) is 19.4 Å². The molecule has 1 aliphatic rings. The van der Waals surface area contributed by atoms with Crippen molar-refractivity contribution >= 4 is 11.9 Å². The van der Waals surface area contributed by atoms with Gasteiger partial charge in [-0.3, -0.25) is 14.5 Å². The Kier molecular flexibility index (Phi) is 5.50. The molecule has 1 rings (SSSR count). The monoisotopic (exact) mass is 238 g/mol. The lowest BCUT2D eigenvalue weighted by atomic mass is 9.98. The number of carbonyl (C=O) groups is 2. The molecule has 1 heterocycles. The minimum Gasteiger partial charge on any atom is -0.469 e. The van der Waals surface area contributed by atoms with E-state index >= 15 is 0 Å². The van der Waals surface area contributed by atoms with Gasteiger partial charge in [0.15, 0.2) is 0 Å². The van der Waals surface area contributed by atoms with Crippen LogP contribution >= 0.6 is 0 Å². The first kappa shape index (κ1) is 13.5. The van der Waals surface area contributed by atoms with Crippen LogP contribution in [0.1, 0.15) is 12.8 Å². The highest BCUT2D eigenvalue weighted by Gasteiger charge is 2.27. The largest absolute Gasteiger partial charge is 0.469 e. The summed E-state index contributed by atoms with van der Waals surface area (Å²) < 4.78 is 4.72. The van der Waals surface area contributed by atoms with Crippen LogP contribution in [0.5, 0.6) is 0 Å². The first-order chi connectivity index (χ1) is 8.17. The molecule has 1 aliphatic heterocycles. The van der Waals surface area contributed by atoms with Crippen molar-refractivity contribution in [2.75, 3.05) is 33.3 Å². The lowest BCUT2D eigenvalue weighted by Crippen LogP contribution is -2.44. The number of amides is 1. The third kappa shape index (κ3) is 4.45. The summed E-state index contributed by atoms with van der Waals surface area (Å²) in [7, 11) is 1.39. The van der Waals surface area contributed by atoms with E-state index in [1.807, 2.05) is 4.90 Å². The summed E-state index contributed by atoms with van der Waals surface area (Å²) in [6.45, 7) is 1.94. The third-order valence-electron chi connectivity index (χ3n) is 2.79. The second-order valence-corrected chi connectivity index (χ2v) is 4.08. The zero-order valence-corrected chi connectivity index (χ0v) is 10.1. The van der Waals surface area contributed by atoms with E-state index < -0.39 is 0 Å². The molecule has 1 N–H and O–H groups in total. The molecule has 5 nitrogen and oxygen atoms in total. The van der Waals surface area contributed by atoms with Gasteiger partial charge in [-0.15, -0.1) is 6.42 Å². The topological polar surface area (TPSA) is 58.6 Å². The second-order valence-electron chi connectivity index (χ2n) is 4.08. The maximum atomic E-state index is 11.5. The van der Waals surface area contributed by atoms with Crippen LogP contribution in [0.2, 0.25) is 0 Å². The van der Waals surface area contributed by atoms with E-state index in [-0.39, 0.29) is 30.9 Å². The van der Waals surface area contributed by atoms with E-state index in [0.29, 0.717) is 6.54 Å². The Morgan fingerprint density at radius 2 is 2.35 bits per heavy atom. The number of carbonyl (C=O) groups excluding carboxylic acids is 2. The maximum absolute atomic E-state index is 11.5. The van der Waals surface area contributed by atoms with Crippen LogP contribution < -0.4 is 5.32 Å². The summed E-state index contributed by atoms with van der Waals surface area (Å²) >= 11 is 0. The van der Waals surface area contributed by atoms with Gasteiger partial charge in [0.2, 0.25) is 5.91 Å². The Balaban J connectivity index is 2.37. The third-order valence-corrected chi connectivity index (χ3v) is 2.79. The molecule has 1 unspecified atom stereocenters. The number of terminal acetylenes is 1. The number of hydrogen-bond acceptors (Lipinski definition) is 4. The molecular formula is C12H18N2O3. The molecule has 5 heteroatoms. The molecule has 0 aromatic rings. The van der Waals surface area contributed by atoms with Crippen LogP contribution in [0, 0.1) is 18.3 Å². The number of methoxy groups -OCH3 is 1. The smallest absolute Gasteiger partial charge is 0.309 e. The van der Waals surface area contributed by atoms with Gasteiger partial charge in [-0.25, -0.2) is 0 Å². The van der Waals surface area contributed by atoms with Gasteiger partial charge in [-0.05, 0) is 19.4 Å². The van der Waals surface area contributed by atoms with Gasteiger partial charge < -0.3 is 10.1 Å². The minimum absolute atomic E-state index is 0.103. The van der Waals surface area contributed by atoms with E-state index in [9.17, 15) is 9.59 Å². The maximum Gasteiger partial charge on any atom is 0.309 e. The van der Waals surface area contributed by atoms with Crippen molar-refractivity contribution in [3.8, 4) is 12.3 Å². The van der Waals surface area contributed by atoms with Crippen LogP contribution in [-0.4, -0.2) is 50.1 Å². The summed E-state index contributed by atoms with van der Waals surface area (Å²) in [6.07, 6.45) is 6.78. The number of likely N-dealkylation sites (tertiary alicyclic amines) is 1. The van der Waals surface area contributed by atoms with Crippen LogP contribution in [0.15, 0.2) is 0 Å². The Morgan fingerprint density at radius 1 is 1.59 bits per heavy atom. The second kappa shape index (κ2) is 6.92. The molecule has 1 amide bonds. The average Bonchev–Trinajstić information content (AvgIpc) is 2.35. The van der Waals surface area contributed by atoms with E-state index in [1.165, 1.54) is 7.11 Å². The summed E-state index contributed by atoms with van der Waals surface area (Å²) in [4.78, 5) is 24.8. The molecule has 0 saturated carbocycles. The molecule has 0 aromatic carbocycles. The highest BCUT2D eigenvalue weighted by Crippen LogP contribution is 2.17. The van der Waals surface area contributed by atoms with Crippen LogP contribution in [0.4, 0.5) is 0 Å². The van der Waals surface area contributed by atoms with Crippen molar-refractivity contribution < 1.29 is 14.3 Å². The van der Waals surface area contributed by atoms with Crippen molar-refractivity contribution in [2.24, 2.45) is 5.92 Å². The Labute approximate surface area is 101 Å². The molecule has 94 valence electrons. The Morgan fingerprint density at radius 3 is 3.00 bits per heavy atom. The number of nitrogens with zero attached hydrogens (tertiary/aromatic N) is 1. The standard InChI is InChI=1S/C12H18N2O3/c1-3-6-13-11(15)9-14-7-4-5-10(8-14)12(16)17-2/h1,10H,4-9H2,2H3,(H,13,15). The van der Waals surface area contributed by atoms with Gasteiger partial charge in [-0.1, -0.05) is 5.92 Å². The number of piperidine rings is 1. The predicted octanol–water partition coefficient (Wildman–Crippen LogP) is -0.379. The lowest BCUT2D eigenvalue weighted by molar-refractivity contribution is -0.147. The molecule has 0 aliphatic carbocycles.